The molecule has 1 unspecified atom stereocenters. The monoisotopic (exact) mass is 301 g/mol. The fourth-order valence-electron chi connectivity index (χ4n) is 2.71. The van der Waals surface area contributed by atoms with Crippen LogP contribution >= 0.6 is 0 Å². The summed E-state index contributed by atoms with van der Waals surface area (Å²) in [5.74, 6) is -0.774. The maximum atomic E-state index is 11.8. The quantitative estimate of drug-likeness (QED) is 0.880. The lowest BCUT2D eigenvalue weighted by atomic mass is 9.75. The number of furan rings is 1. The van der Waals surface area contributed by atoms with Gasteiger partial charge in [0, 0.05) is 12.0 Å². The van der Waals surface area contributed by atoms with Gasteiger partial charge in [0.25, 0.3) is 0 Å². The Morgan fingerprint density at radius 2 is 2.20 bits per heavy atom. The van der Waals surface area contributed by atoms with Crippen molar-refractivity contribution in [3.8, 4) is 0 Å². The maximum Gasteiger partial charge on any atom is 0.320 e. The van der Waals surface area contributed by atoms with Gasteiger partial charge in [-0.25, -0.2) is 13.1 Å². The fraction of sp³-hybridized carbons (Fsp3) is 0.615. The summed E-state index contributed by atoms with van der Waals surface area (Å²) in [6.07, 6.45) is 1.35. The molecule has 0 fully saturated rings. The third kappa shape index (κ3) is 3.40. The smallest absolute Gasteiger partial charge is 0.320 e. The Labute approximate surface area is 118 Å². The molecule has 1 atom stereocenters. The minimum atomic E-state index is -3.86. The summed E-state index contributed by atoms with van der Waals surface area (Å²) in [7, 11) is -3.86. The van der Waals surface area contributed by atoms with Crippen molar-refractivity contribution in [2.45, 2.75) is 39.7 Å². The number of hydrogen-bond donors (Lipinski definition) is 2. The molecule has 2 rings (SSSR count). The molecule has 0 bridgehead atoms. The third-order valence-electron chi connectivity index (χ3n) is 3.37. The average Bonchev–Trinajstić information content (AvgIpc) is 2.53. The van der Waals surface area contributed by atoms with Crippen molar-refractivity contribution >= 4 is 16.0 Å². The van der Waals surface area contributed by atoms with E-state index in [-0.39, 0.29) is 5.41 Å². The second kappa shape index (κ2) is 4.89. The molecule has 1 aliphatic carbocycles. The van der Waals surface area contributed by atoms with Crippen molar-refractivity contribution in [1.82, 2.24) is 4.72 Å². The van der Waals surface area contributed by atoms with Crippen LogP contribution in [0.25, 0.3) is 0 Å². The predicted molar refractivity (Wildman–Crippen MR) is 72.8 cm³/mol. The highest BCUT2D eigenvalue weighted by Gasteiger charge is 2.36. The zero-order valence-corrected chi connectivity index (χ0v) is 12.6. The summed E-state index contributed by atoms with van der Waals surface area (Å²) in [4.78, 5) is 10.6. The Bertz CT molecular complexity index is 629. The molecular weight excluding hydrogens is 282 g/mol. The minimum absolute atomic E-state index is 0.103. The van der Waals surface area contributed by atoms with Crippen LogP contribution in [0.4, 0.5) is 0 Å². The summed E-state index contributed by atoms with van der Waals surface area (Å²) >= 11 is 0. The topological polar surface area (TPSA) is 96.6 Å². The van der Waals surface area contributed by atoms with Crippen LogP contribution in [-0.4, -0.2) is 25.2 Å². The number of carboxylic acids is 1. The standard InChI is InChI=1S/C13H19NO5S/c1-8-4-9-10(14-20(17,18)7-12(15)16)5-13(2,3)6-11(9)19-8/h4,10,14H,5-7H2,1-3H3,(H,15,16). The van der Waals surface area contributed by atoms with Gasteiger partial charge in [-0.05, 0) is 24.8 Å². The highest BCUT2D eigenvalue weighted by atomic mass is 32.2. The fourth-order valence-corrected chi connectivity index (χ4v) is 3.76. The van der Waals surface area contributed by atoms with Crippen LogP contribution < -0.4 is 4.72 Å². The van der Waals surface area contributed by atoms with Crippen molar-refractivity contribution < 1.29 is 22.7 Å². The maximum absolute atomic E-state index is 11.8. The Morgan fingerprint density at radius 3 is 2.80 bits per heavy atom. The molecule has 1 aliphatic rings. The first-order valence-corrected chi connectivity index (χ1v) is 8.04. The number of hydrogen-bond acceptors (Lipinski definition) is 4. The number of sulfonamides is 1. The van der Waals surface area contributed by atoms with Gasteiger partial charge in [0.2, 0.25) is 10.0 Å². The van der Waals surface area contributed by atoms with Gasteiger partial charge in [0.15, 0.2) is 5.75 Å². The zero-order valence-electron chi connectivity index (χ0n) is 11.8. The van der Waals surface area contributed by atoms with E-state index in [1.807, 2.05) is 26.8 Å². The van der Waals surface area contributed by atoms with Crippen LogP contribution in [0.2, 0.25) is 0 Å². The van der Waals surface area contributed by atoms with E-state index in [4.69, 9.17) is 9.52 Å². The van der Waals surface area contributed by atoms with Crippen molar-refractivity contribution in [2.75, 3.05) is 5.75 Å². The van der Waals surface area contributed by atoms with Crippen molar-refractivity contribution in [3.05, 3.63) is 23.2 Å². The number of fused-ring (bicyclic) bond motifs is 1. The summed E-state index contributed by atoms with van der Waals surface area (Å²) in [5, 5.41) is 8.64. The zero-order chi connectivity index (χ0) is 15.1. The number of carbonyl (C=O) groups is 1. The van der Waals surface area contributed by atoms with E-state index < -0.39 is 27.8 Å². The molecule has 7 heteroatoms. The van der Waals surface area contributed by atoms with Crippen LogP contribution in [0.3, 0.4) is 0 Å². The average molecular weight is 301 g/mol. The van der Waals surface area contributed by atoms with Crippen LogP contribution in [0.1, 0.15) is 43.4 Å². The molecule has 0 spiro atoms. The van der Waals surface area contributed by atoms with Gasteiger partial charge in [0.1, 0.15) is 11.5 Å². The molecular formula is C13H19NO5S. The van der Waals surface area contributed by atoms with Crippen LogP contribution in [-0.2, 0) is 21.2 Å². The largest absolute Gasteiger partial charge is 0.480 e. The molecule has 0 radical (unpaired) electrons. The van der Waals surface area contributed by atoms with Gasteiger partial charge in [-0.1, -0.05) is 13.8 Å². The van der Waals surface area contributed by atoms with E-state index in [9.17, 15) is 13.2 Å². The van der Waals surface area contributed by atoms with Gasteiger partial charge in [-0.2, -0.15) is 0 Å². The van der Waals surface area contributed by atoms with Gasteiger partial charge in [-0.3, -0.25) is 4.79 Å². The minimum Gasteiger partial charge on any atom is -0.480 e. The molecule has 20 heavy (non-hydrogen) atoms. The molecule has 0 saturated carbocycles. The Kier molecular flexibility index (Phi) is 3.68. The molecule has 0 amide bonds. The van der Waals surface area contributed by atoms with Crippen LogP contribution in [0.15, 0.2) is 10.5 Å². The first-order chi connectivity index (χ1) is 9.08. The Morgan fingerprint density at radius 1 is 1.55 bits per heavy atom. The van der Waals surface area contributed by atoms with Crippen molar-refractivity contribution in [3.63, 3.8) is 0 Å². The van der Waals surface area contributed by atoms with E-state index in [0.717, 1.165) is 23.5 Å². The number of carboxylic acid groups (broad SMARTS) is 1. The molecule has 112 valence electrons. The number of aliphatic carboxylic acids is 1. The van der Waals surface area contributed by atoms with Gasteiger partial charge in [0.05, 0.1) is 6.04 Å². The normalized spacial score (nSPS) is 21.4. The highest BCUT2D eigenvalue weighted by molar-refractivity contribution is 7.90. The molecule has 6 nitrogen and oxygen atoms in total. The molecule has 1 heterocycles. The van der Waals surface area contributed by atoms with E-state index >= 15 is 0 Å². The summed E-state index contributed by atoms with van der Waals surface area (Å²) < 4.78 is 31.7. The Balaban J connectivity index is 2.30. The number of aryl methyl sites for hydroxylation is 1. The summed E-state index contributed by atoms with van der Waals surface area (Å²) in [6.45, 7) is 5.88. The molecule has 0 saturated heterocycles. The molecule has 1 aromatic rings. The molecule has 1 aromatic heterocycles. The second-order valence-corrected chi connectivity index (χ2v) is 7.86. The number of nitrogens with one attached hydrogen (secondary N) is 1. The van der Waals surface area contributed by atoms with E-state index in [2.05, 4.69) is 4.72 Å². The van der Waals surface area contributed by atoms with Crippen molar-refractivity contribution in [2.24, 2.45) is 5.41 Å². The summed E-state index contributed by atoms with van der Waals surface area (Å²) in [6, 6.07) is 1.38. The van der Waals surface area contributed by atoms with Gasteiger partial charge in [-0.15, -0.1) is 0 Å². The highest BCUT2D eigenvalue weighted by Crippen LogP contribution is 2.42. The molecule has 0 aromatic carbocycles. The molecule has 2 N–H and O–H groups in total. The van der Waals surface area contributed by atoms with E-state index in [1.54, 1.807) is 0 Å². The van der Waals surface area contributed by atoms with Crippen LogP contribution in [0, 0.1) is 12.3 Å². The van der Waals surface area contributed by atoms with E-state index in [0.29, 0.717) is 6.42 Å². The van der Waals surface area contributed by atoms with E-state index in [1.165, 1.54) is 0 Å². The van der Waals surface area contributed by atoms with Crippen LogP contribution in [0.5, 0.6) is 0 Å². The van der Waals surface area contributed by atoms with Gasteiger partial charge < -0.3 is 9.52 Å². The molecule has 0 aliphatic heterocycles. The van der Waals surface area contributed by atoms with Gasteiger partial charge >= 0.3 is 5.97 Å². The lowest BCUT2D eigenvalue weighted by Crippen LogP contribution is -2.38. The lowest BCUT2D eigenvalue weighted by molar-refractivity contribution is -0.134. The third-order valence-corrected chi connectivity index (χ3v) is 4.64. The predicted octanol–water partition coefficient (Wildman–Crippen LogP) is 1.61. The second-order valence-electron chi connectivity index (χ2n) is 6.10. The lowest BCUT2D eigenvalue weighted by Gasteiger charge is -2.34. The Hall–Kier alpha value is -1.34. The summed E-state index contributed by atoms with van der Waals surface area (Å²) in [5.41, 5.74) is 0.712. The van der Waals surface area contributed by atoms with Crippen molar-refractivity contribution in [1.29, 1.82) is 0 Å². The number of rotatable bonds is 4. The first-order valence-electron chi connectivity index (χ1n) is 6.39. The SMILES string of the molecule is Cc1cc2c(o1)CC(C)(C)CC2NS(=O)(=O)CC(=O)O. The first kappa shape index (κ1) is 15.1.